The van der Waals surface area contributed by atoms with Crippen molar-refractivity contribution < 1.29 is 18.8 Å². The van der Waals surface area contributed by atoms with Crippen LogP contribution in [0.2, 0.25) is 0 Å². The van der Waals surface area contributed by atoms with Gasteiger partial charge in [0.05, 0.1) is 12.1 Å². The number of nitrogens with zero attached hydrogens (tertiary/aromatic N) is 3. The van der Waals surface area contributed by atoms with Gasteiger partial charge in [-0.05, 0) is 34.1 Å². The van der Waals surface area contributed by atoms with E-state index in [1.807, 2.05) is 34.6 Å². The molecule has 22 heavy (non-hydrogen) atoms. The summed E-state index contributed by atoms with van der Waals surface area (Å²) >= 11 is 0. The van der Waals surface area contributed by atoms with E-state index in [0.717, 1.165) is 6.42 Å². The largest absolute Gasteiger partial charge is 0.444 e. The Bertz CT molecular complexity index is 523. The summed E-state index contributed by atoms with van der Waals surface area (Å²) in [4.78, 5) is 18.0. The summed E-state index contributed by atoms with van der Waals surface area (Å²) in [5.41, 5.74) is -0.901. The molecular weight excluding hydrogens is 286 g/mol. The van der Waals surface area contributed by atoms with Crippen molar-refractivity contribution in [1.29, 1.82) is 0 Å². The van der Waals surface area contributed by atoms with Crippen LogP contribution in [0.15, 0.2) is 4.52 Å². The maximum absolute atomic E-state index is 12.1. The number of aryl methyl sites for hydroxylation is 1. The molecule has 1 saturated heterocycles. The van der Waals surface area contributed by atoms with Gasteiger partial charge in [0.25, 0.3) is 0 Å². The molecule has 124 valence electrons. The second-order valence-corrected chi connectivity index (χ2v) is 6.85. The average Bonchev–Trinajstić information content (AvgIpc) is 3.01. The fourth-order valence-electron chi connectivity index (χ4n) is 2.26. The van der Waals surface area contributed by atoms with E-state index >= 15 is 0 Å². The summed E-state index contributed by atoms with van der Waals surface area (Å²) < 4.78 is 16.3. The Morgan fingerprint density at radius 2 is 2.18 bits per heavy atom. The molecule has 1 amide bonds. The molecule has 0 N–H and O–H groups in total. The molecule has 7 heteroatoms. The van der Waals surface area contributed by atoms with Crippen molar-refractivity contribution >= 4 is 6.09 Å². The highest BCUT2D eigenvalue weighted by molar-refractivity contribution is 5.68. The van der Waals surface area contributed by atoms with Crippen LogP contribution < -0.4 is 0 Å². The Balaban J connectivity index is 1.86. The first-order chi connectivity index (χ1) is 10.2. The summed E-state index contributed by atoms with van der Waals surface area (Å²) in [6.45, 7) is 10.9. The molecular formula is C15H25N3O4. The number of rotatable bonds is 4. The van der Waals surface area contributed by atoms with Gasteiger partial charge >= 0.3 is 6.09 Å². The Hall–Kier alpha value is -1.63. The van der Waals surface area contributed by atoms with Gasteiger partial charge in [0.15, 0.2) is 5.82 Å². The molecule has 7 nitrogen and oxygen atoms in total. The van der Waals surface area contributed by atoms with E-state index in [9.17, 15) is 4.79 Å². The quantitative estimate of drug-likeness (QED) is 0.850. The Kier molecular flexibility index (Phi) is 4.75. The first kappa shape index (κ1) is 16.7. The standard InChI is InChI=1S/C15H25N3O4/c1-6-12-16-11(17-22-12)9-20-15(5)7-8-18(10-15)13(19)21-14(2,3)4/h6-10H2,1-5H3. The molecule has 1 aromatic heterocycles. The summed E-state index contributed by atoms with van der Waals surface area (Å²) in [7, 11) is 0. The van der Waals surface area contributed by atoms with Crippen molar-refractivity contribution in [2.45, 2.75) is 65.3 Å². The molecule has 1 aliphatic rings. The van der Waals surface area contributed by atoms with Crippen LogP contribution in [-0.4, -0.2) is 45.4 Å². The minimum Gasteiger partial charge on any atom is -0.444 e. The molecule has 0 radical (unpaired) electrons. The minimum absolute atomic E-state index is 0.280. The lowest BCUT2D eigenvalue weighted by atomic mass is 10.1. The van der Waals surface area contributed by atoms with E-state index in [0.29, 0.717) is 31.2 Å². The van der Waals surface area contributed by atoms with E-state index in [4.69, 9.17) is 14.0 Å². The molecule has 0 bridgehead atoms. The molecule has 1 aromatic rings. The van der Waals surface area contributed by atoms with E-state index in [1.165, 1.54) is 0 Å². The summed E-state index contributed by atoms with van der Waals surface area (Å²) in [5, 5.41) is 3.87. The first-order valence-corrected chi connectivity index (χ1v) is 7.64. The van der Waals surface area contributed by atoms with Crippen LogP contribution in [0.5, 0.6) is 0 Å². The SMILES string of the molecule is CCc1nc(COC2(C)CCN(C(=O)OC(C)(C)C)C2)no1. The third kappa shape index (κ3) is 4.43. The van der Waals surface area contributed by atoms with Gasteiger partial charge in [-0.15, -0.1) is 0 Å². The van der Waals surface area contributed by atoms with Crippen LogP contribution in [0.25, 0.3) is 0 Å². The van der Waals surface area contributed by atoms with E-state index in [1.54, 1.807) is 4.90 Å². The van der Waals surface area contributed by atoms with Crippen LogP contribution in [0, 0.1) is 0 Å². The molecule has 1 aliphatic heterocycles. The highest BCUT2D eigenvalue weighted by atomic mass is 16.6. The van der Waals surface area contributed by atoms with E-state index in [2.05, 4.69) is 10.1 Å². The first-order valence-electron chi connectivity index (χ1n) is 7.64. The monoisotopic (exact) mass is 311 g/mol. The zero-order valence-electron chi connectivity index (χ0n) is 14.0. The zero-order chi connectivity index (χ0) is 16.4. The third-order valence-corrected chi connectivity index (χ3v) is 3.45. The predicted molar refractivity (Wildman–Crippen MR) is 79.3 cm³/mol. The number of carbonyl (C=O) groups excluding carboxylic acids is 1. The zero-order valence-corrected chi connectivity index (χ0v) is 14.0. The number of ether oxygens (including phenoxy) is 2. The predicted octanol–water partition coefficient (Wildman–Crippen LogP) is 2.55. The summed E-state index contributed by atoms with van der Waals surface area (Å²) in [6, 6.07) is 0. The van der Waals surface area contributed by atoms with Gasteiger partial charge in [0.1, 0.15) is 12.2 Å². The van der Waals surface area contributed by atoms with Crippen molar-refractivity contribution in [3.63, 3.8) is 0 Å². The van der Waals surface area contributed by atoms with E-state index in [-0.39, 0.29) is 12.7 Å². The second-order valence-electron chi connectivity index (χ2n) is 6.85. The van der Waals surface area contributed by atoms with Gasteiger partial charge in [0, 0.05) is 13.0 Å². The van der Waals surface area contributed by atoms with Crippen LogP contribution in [-0.2, 0) is 22.5 Å². The van der Waals surface area contributed by atoms with Crippen molar-refractivity contribution in [3.05, 3.63) is 11.7 Å². The molecule has 1 fully saturated rings. The number of carbonyl (C=O) groups is 1. The maximum Gasteiger partial charge on any atom is 0.410 e. The van der Waals surface area contributed by atoms with Gasteiger partial charge < -0.3 is 18.9 Å². The molecule has 0 aliphatic carbocycles. The summed E-state index contributed by atoms with van der Waals surface area (Å²) in [5.74, 6) is 1.14. The highest BCUT2D eigenvalue weighted by Crippen LogP contribution is 2.27. The lowest BCUT2D eigenvalue weighted by Crippen LogP contribution is -2.39. The molecule has 2 heterocycles. The van der Waals surface area contributed by atoms with Crippen LogP contribution in [0.3, 0.4) is 0 Å². The number of amides is 1. The Morgan fingerprint density at radius 3 is 2.77 bits per heavy atom. The van der Waals surface area contributed by atoms with Gasteiger partial charge in [-0.1, -0.05) is 12.1 Å². The lowest BCUT2D eigenvalue weighted by molar-refractivity contribution is -0.0405. The highest BCUT2D eigenvalue weighted by Gasteiger charge is 2.38. The molecule has 0 aromatic carbocycles. The molecule has 2 rings (SSSR count). The second kappa shape index (κ2) is 6.24. The van der Waals surface area contributed by atoms with Crippen molar-refractivity contribution in [2.75, 3.05) is 13.1 Å². The van der Waals surface area contributed by atoms with Crippen molar-refractivity contribution in [1.82, 2.24) is 15.0 Å². The number of aromatic nitrogens is 2. The molecule has 0 saturated carbocycles. The van der Waals surface area contributed by atoms with Crippen molar-refractivity contribution in [2.24, 2.45) is 0 Å². The number of hydrogen-bond donors (Lipinski definition) is 0. The number of likely N-dealkylation sites (tertiary alicyclic amines) is 1. The van der Waals surface area contributed by atoms with Gasteiger partial charge in [0.2, 0.25) is 5.89 Å². The summed E-state index contributed by atoms with van der Waals surface area (Å²) in [6.07, 6.45) is 1.16. The maximum atomic E-state index is 12.1. The minimum atomic E-state index is -0.488. The third-order valence-electron chi connectivity index (χ3n) is 3.45. The van der Waals surface area contributed by atoms with Gasteiger partial charge in [-0.25, -0.2) is 4.79 Å². The normalized spacial score (nSPS) is 22.1. The van der Waals surface area contributed by atoms with E-state index < -0.39 is 11.2 Å². The van der Waals surface area contributed by atoms with Gasteiger partial charge in [-0.2, -0.15) is 4.98 Å². The molecule has 1 unspecified atom stereocenters. The van der Waals surface area contributed by atoms with Crippen LogP contribution in [0.4, 0.5) is 4.79 Å². The van der Waals surface area contributed by atoms with Gasteiger partial charge in [-0.3, -0.25) is 0 Å². The molecule has 0 spiro atoms. The van der Waals surface area contributed by atoms with Crippen molar-refractivity contribution in [3.8, 4) is 0 Å². The van der Waals surface area contributed by atoms with Crippen LogP contribution >= 0.6 is 0 Å². The topological polar surface area (TPSA) is 77.7 Å². The molecule has 1 atom stereocenters. The Labute approximate surface area is 131 Å². The number of hydrogen-bond acceptors (Lipinski definition) is 6. The lowest BCUT2D eigenvalue weighted by Gasteiger charge is -2.27. The fraction of sp³-hybridized carbons (Fsp3) is 0.800. The smallest absolute Gasteiger partial charge is 0.410 e. The fourth-order valence-corrected chi connectivity index (χ4v) is 2.26. The average molecular weight is 311 g/mol. The Morgan fingerprint density at radius 1 is 1.45 bits per heavy atom. The van der Waals surface area contributed by atoms with Crippen LogP contribution in [0.1, 0.15) is 52.8 Å².